The lowest BCUT2D eigenvalue weighted by atomic mass is 9.97. The molecule has 0 saturated carbocycles. The molecular weight excluding hydrogens is 296 g/mol. The number of carbonyl (C=O) groups excluding carboxylic acids is 2. The molecule has 2 rings (SSSR count). The van der Waals surface area contributed by atoms with Gasteiger partial charge in [0.05, 0.1) is 18.1 Å². The molecule has 2 heterocycles. The zero-order valence-corrected chi connectivity index (χ0v) is 14.3. The van der Waals surface area contributed by atoms with Crippen LogP contribution >= 0.6 is 0 Å². The van der Waals surface area contributed by atoms with Gasteiger partial charge in [0.25, 0.3) is 0 Å². The lowest BCUT2D eigenvalue weighted by Crippen LogP contribution is -2.52. The highest BCUT2D eigenvalue weighted by Gasteiger charge is 2.26. The number of nitrogens with two attached hydrogens (primary N) is 1. The first-order valence-corrected chi connectivity index (χ1v) is 8.65. The summed E-state index contributed by atoms with van der Waals surface area (Å²) < 4.78 is 5.63. The van der Waals surface area contributed by atoms with Crippen molar-refractivity contribution >= 4 is 11.9 Å². The summed E-state index contributed by atoms with van der Waals surface area (Å²) in [6, 6.07) is -0.0133. The molecular formula is C16H30N4O3. The highest BCUT2D eigenvalue weighted by molar-refractivity contribution is 5.77. The number of primary amides is 1. The Balaban J connectivity index is 1.63. The van der Waals surface area contributed by atoms with Gasteiger partial charge >= 0.3 is 6.03 Å². The van der Waals surface area contributed by atoms with E-state index in [9.17, 15) is 9.59 Å². The van der Waals surface area contributed by atoms with Crippen LogP contribution in [0.2, 0.25) is 0 Å². The molecule has 0 spiro atoms. The summed E-state index contributed by atoms with van der Waals surface area (Å²) in [6.07, 6.45) is 2.97. The molecule has 2 fully saturated rings. The van der Waals surface area contributed by atoms with Gasteiger partial charge in [0.2, 0.25) is 5.91 Å². The monoisotopic (exact) mass is 326 g/mol. The number of hydrogen-bond acceptors (Lipinski definition) is 4. The number of ether oxygens (including phenoxy) is 1. The molecule has 7 nitrogen and oxygen atoms in total. The lowest BCUT2D eigenvalue weighted by molar-refractivity contribution is -0.123. The Morgan fingerprint density at radius 1 is 1.22 bits per heavy atom. The van der Waals surface area contributed by atoms with Gasteiger partial charge in [-0.3, -0.25) is 4.79 Å². The lowest BCUT2D eigenvalue weighted by Gasteiger charge is -2.35. The molecule has 132 valence electrons. The van der Waals surface area contributed by atoms with Gasteiger partial charge in [0.15, 0.2) is 0 Å². The minimum absolute atomic E-state index is 0.0133. The molecule has 0 aromatic carbocycles. The van der Waals surface area contributed by atoms with Crippen LogP contribution in [0.3, 0.4) is 0 Å². The van der Waals surface area contributed by atoms with Gasteiger partial charge in [-0.1, -0.05) is 0 Å². The maximum Gasteiger partial charge on any atom is 0.317 e. The summed E-state index contributed by atoms with van der Waals surface area (Å²) >= 11 is 0. The Bertz CT molecular complexity index is 408. The summed E-state index contributed by atoms with van der Waals surface area (Å²) in [5, 5.41) is 2.98. The van der Waals surface area contributed by atoms with Crippen molar-refractivity contribution in [3.05, 3.63) is 0 Å². The third-order valence-corrected chi connectivity index (χ3v) is 4.54. The van der Waals surface area contributed by atoms with E-state index in [4.69, 9.17) is 10.5 Å². The predicted octanol–water partition coefficient (Wildman–Crippen LogP) is 0.393. The normalized spacial score (nSPS) is 29.3. The van der Waals surface area contributed by atoms with Crippen molar-refractivity contribution in [1.29, 1.82) is 0 Å². The molecule has 2 aliphatic heterocycles. The van der Waals surface area contributed by atoms with E-state index in [-0.39, 0.29) is 30.1 Å². The fourth-order valence-electron chi connectivity index (χ4n) is 3.44. The average Bonchev–Trinajstić information content (AvgIpc) is 2.50. The van der Waals surface area contributed by atoms with Gasteiger partial charge in [0.1, 0.15) is 0 Å². The Hall–Kier alpha value is -1.34. The number of piperidine rings is 1. The number of hydrogen-bond donors (Lipinski definition) is 2. The quantitative estimate of drug-likeness (QED) is 0.716. The number of morpholine rings is 1. The highest BCUT2D eigenvalue weighted by atomic mass is 16.5. The topological polar surface area (TPSA) is 87.9 Å². The summed E-state index contributed by atoms with van der Waals surface area (Å²) in [6.45, 7) is 8.56. The maximum atomic E-state index is 12.2. The standard InChI is InChI=1S/C16H30N4O3/c1-12-9-20(10-13(2)23-12)16(22)18-6-4-8-19-7-3-5-14(11-19)15(17)21/h12-14H,3-11H2,1-2H3,(H2,17,21)(H,18,22). The van der Waals surface area contributed by atoms with Crippen LogP contribution in [-0.4, -0.2) is 73.2 Å². The minimum Gasteiger partial charge on any atom is -0.372 e. The van der Waals surface area contributed by atoms with Crippen molar-refractivity contribution in [2.45, 2.75) is 45.3 Å². The third kappa shape index (κ3) is 5.66. The van der Waals surface area contributed by atoms with Gasteiger partial charge in [-0.2, -0.15) is 0 Å². The summed E-state index contributed by atoms with van der Waals surface area (Å²) in [5.74, 6) is -0.215. The number of nitrogens with one attached hydrogen (secondary N) is 1. The molecule has 2 aliphatic rings. The molecule has 0 aliphatic carbocycles. The molecule has 2 saturated heterocycles. The first-order chi connectivity index (χ1) is 11.0. The molecule has 23 heavy (non-hydrogen) atoms. The van der Waals surface area contributed by atoms with Gasteiger partial charge in [0, 0.05) is 26.2 Å². The van der Waals surface area contributed by atoms with Crippen LogP contribution in [0.25, 0.3) is 0 Å². The zero-order chi connectivity index (χ0) is 16.8. The average molecular weight is 326 g/mol. The van der Waals surface area contributed by atoms with Gasteiger partial charge < -0.3 is 25.6 Å². The molecule has 0 aromatic rings. The zero-order valence-electron chi connectivity index (χ0n) is 14.3. The Morgan fingerprint density at radius 3 is 2.57 bits per heavy atom. The minimum atomic E-state index is -0.196. The van der Waals surface area contributed by atoms with Crippen LogP contribution in [0.4, 0.5) is 4.79 Å². The molecule has 3 N–H and O–H groups in total. The van der Waals surface area contributed by atoms with E-state index >= 15 is 0 Å². The Labute approximate surface area is 138 Å². The van der Waals surface area contributed by atoms with Crippen LogP contribution in [-0.2, 0) is 9.53 Å². The number of amides is 3. The number of carbonyl (C=O) groups is 2. The van der Waals surface area contributed by atoms with E-state index in [1.165, 1.54) is 0 Å². The summed E-state index contributed by atoms with van der Waals surface area (Å²) in [7, 11) is 0. The van der Waals surface area contributed by atoms with Crippen LogP contribution in [0.5, 0.6) is 0 Å². The van der Waals surface area contributed by atoms with E-state index in [2.05, 4.69) is 10.2 Å². The molecule has 3 amide bonds. The molecule has 7 heteroatoms. The summed E-state index contributed by atoms with van der Waals surface area (Å²) in [4.78, 5) is 27.5. The smallest absolute Gasteiger partial charge is 0.317 e. The second-order valence-corrected chi connectivity index (χ2v) is 6.79. The molecule has 0 bridgehead atoms. The van der Waals surface area contributed by atoms with Gasteiger partial charge in [-0.25, -0.2) is 4.79 Å². The molecule has 3 atom stereocenters. The van der Waals surface area contributed by atoms with E-state index in [0.29, 0.717) is 19.6 Å². The first kappa shape index (κ1) is 18.0. The Kier molecular flexibility index (Phi) is 6.65. The largest absolute Gasteiger partial charge is 0.372 e. The van der Waals surface area contributed by atoms with E-state index in [1.54, 1.807) is 0 Å². The molecule has 3 unspecified atom stereocenters. The SMILES string of the molecule is CC1CN(C(=O)NCCCN2CCCC(C(N)=O)C2)CC(C)O1. The van der Waals surface area contributed by atoms with E-state index < -0.39 is 0 Å². The van der Waals surface area contributed by atoms with Crippen molar-refractivity contribution in [3.63, 3.8) is 0 Å². The van der Waals surface area contributed by atoms with Crippen molar-refractivity contribution in [1.82, 2.24) is 15.1 Å². The number of urea groups is 1. The second-order valence-electron chi connectivity index (χ2n) is 6.79. The first-order valence-electron chi connectivity index (χ1n) is 8.65. The van der Waals surface area contributed by atoms with Crippen molar-refractivity contribution in [2.24, 2.45) is 11.7 Å². The van der Waals surface area contributed by atoms with Crippen molar-refractivity contribution in [3.8, 4) is 0 Å². The number of rotatable bonds is 5. The van der Waals surface area contributed by atoms with E-state index in [0.717, 1.165) is 38.9 Å². The molecule has 0 radical (unpaired) electrons. The molecule has 0 aromatic heterocycles. The fourth-order valence-corrected chi connectivity index (χ4v) is 3.44. The van der Waals surface area contributed by atoms with E-state index in [1.807, 2.05) is 18.7 Å². The van der Waals surface area contributed by atoms with Gasteiger partial charge in [-0.15, -0.1) is 0 Å². The summed E-state index contributed by atoms with van der Waals surface area (Å²) in [5.41, 5.74) is 5.39. The predicted molar refractivity (Wildman–Crippen MR) is 88.0 cm³/mol. The Morgan fingerprint density at radius 2 is 1.91 bits per heavy atom. The van der Waals surface area contributed by atoms with Gasteiger partial charge in [-0.05, 0) is 46.2 Å². The van der Waals surface area contributed by atoms with Crippen LogP contribution in [0.1, 0.15) is 33.1 Å². The maximum absolute atomic E-state index is 12.2. The third-order valence-electron chi connectivity index (χ3n) is 4.54. The number of likely N-dealkylation sites (tertiary alicyclic amines) is 1. The fraction of sp³-hybridized carbons (Fsp3) is 0.875. The van der Waals surface area contributed by atoms with Crippen LogP contribution in [0, 0.1) is 5.92 Å². The highest BCUT2D eigenvalue weighted by Crippen LogP contribution is 2.16. The second kappa shape index (κ2) is 8.49. The van der Waals surface area contributed by atoms with Crippen LogP contribution in [0.15, 0.2) is 0 Å². The van der Waals surface area contributed by atoms with Crippen molar-refractivity contribution < 1.29 is 14.3 Å². The number of nitrogens with zero attached hydrogens (tertiary/aromatic N) is 2. The van der Waals surface area contributed by atoms with Crippen LogP contribution < -0.4 is 11.1 Å². The van der Waals surface area contributed by atoms with Crippen molar-refractivity contribution in [2.75, 3.05) is 39.3 Å².